The molecule has 0 atom stereocenters. The zero-order valence-electron chi connectivity index (χ0n) is 77.2. The molecule has 138 heavy (non-hydrogen) atoms. The minimum absolute atomic E-state index is 0.00187. The van der Waals surface area contributed by atoms with Crippen LogP contribution >= 0.6 is 0 Å². The van der Waals surface area contributed by atoms with Crippen molar-refractivity contribution in [3.8, 4) is 0 Å². The average Bonchev–Trinajstić information content (AvgIpc) is 1.68. The van der Waals surface area contributed by atoms with E-state index in [1.165, 1.54) is 209 Å². The molecule has 12 heterocycles. The number of nitrogens with zero attached hydrogens (tertiary/aromatic N) is 19. The van der Waals surface area contributed by atoms with E-state index < -0.39 is 88.6 Å². The van der Waals surface area contributed by atoms with Crippen LogP contribution in [0.3, 0.4) is 0 Å². The molecule has 17 amide bonds. The third-order valence-electron chi connectivity index (χ3n) is 20.6. The molecule has 0 aliphatic rings. The largest absolute Gasteiger partial charge is 0.356 e. The molecule has 0 aliphatic carbocycles. The van der Waals surface area contributed by atoms with Crippen LogP contribution in [0.15, 0.2) is 105 Å². The Morgan fingerprint density at radius 1 is 0.217 bits per heavy atom. The van der Waals surface area contributed by atoms with Crippen molar-refractivity contribution in [2.24, 2.45) is 84.6 Å². The van der Waals surface area contributed by atoms with Crippen LogP contribution in [0.5, 0.6) is 0 Å². The summed E-state index contributed by atoms with van der Waals surface area (Å²) in [6.07, 6.45) is 17.9. The number of hydrogen-bond acceptors (Lipinski definition) is 25. The maximum atomic E-state index is 13.6. The van der Waals surface area contributed by atoms with E-state index in [1.54, 1.807) is 42.3 Å². The molecule has 0 radical (unpaired) electrons. The Bertz CT molecular complexity index is 6790. The van der Waals surface area contributed by atoms with Gasteiger partial charge in [0.25, 0.3) is 70.9 Å². The Morgan fingerprint density at radius 3 is 0.703 bits per heavy atom. The number of aromatic nitrogens is 19. The van der Waals surface area contributed by atoms with Crippen molar-refractivity contribution in [2.45, 2.75) is 45.4 Å². The number of anilines is 12. The third-order valence-corrected chi connectivity index (χ3v) is 20.6. The predicted molar refractivity (Wildman–Crippen MR) is 497 cm³/mol. The highest BCUT2D eigenvalue weighted by Gasteiger charge is 2.29. The van der Waals surface area contributed by atoms with Gasteiger partial charge in [0.2, 0.25) is 70.3 Å². The van der Waals surface area contributed by atoms with Crippen LogP contribution in [0.2, 0.25) is 0 Å². The van der Waals surface area contributed by atoms with E-state index in [1.807, 2.05) is 7.05 Å². The summed E-state index contributed by atoms with van der Waals surface area (Å²) in [5, 5.41) is 48.1. The van der Waals surface area contributed by atoms with E-state index in [-0.39, 0.29) is 208 Å². The Morgan fingerprint density at radius 2 is 0.435 bits per heavy atom. The lowest BCUT2D eigenvalue weighted by Gasteiger charge is -2.07. The number of rotatable bonds is 41. The second kappa shape index (κ2) is 43.5. The molecule has 54 heteroatoms. The first-order chi connectivity index (χ1) is 65.6. The molecule has 0 aromatic carbocycles. The van der Waals surface area contributed by atoms with Crippen molar-refractivity contribution in [2.75, 3.05) is 110 Å². The minimum atomic E-state index is -0.743. The monoisotopic (exact) mass is 1900 g/mol. The molecule has 0 aliphatic heterocycles. The molecular formula is C84H101N37O17. The van der Waals surface area contributed by atoms with Gasteiger partial charge in [-0.15, -0.1) is 0 Å². The van der Waals surface area contributed by atoms with Gasteiger partial charge in [-0.3, -0.25) is 81.5 Å². The number of carbonyl (C=O) groups excluding carboxylic acids is 17. The first-order valence-corrected chi connectivity index (χ1v) is 42.4. The fourth-order valence-corrected chi connectivity index (χ4v) is 14.0. The average molecular weight is 1900 g/mol. The fourth-order valence-electron chi connectivity index (χ4n) is 14.0. The third kappa shape index (κ3) is 25.2. The van der Waals surface area contributed by atoms with Crippen molar-refractivity contribution >= 4 is 170 Å². The van der Waals surface area contributed by atoms with E-state index in [4.69, 9.17) is 0 Å². The summed E-state index contributed by atoms with van der Waals surface area (Å²) in [7, 11) is 20.5. The maximum Gasteiger partial charge on any atom is 0.292 e. The summed E-state index contributed by atoms with van der Waals surface area (Å²) in [5.74, 6) is -10.2. The van der Waals surface area contributed by atoms with Crippen molar-refractivity contribution in [3.05, 3.63) is 174 Å². The lowest BCUT2D eigenvalue weighted by molar-refractivity contribution is -0.121. The number of aryl methyl sites for hydroxylation is 12. The topological polar surface area (TPSA) is 656 Å². The molecule has 54 nitrogen and oxygen atoms in total. The maximum absolute atomic E-state index is 13.6. The van der Waals surface area contributed by atoms with Gasteiger partial charge in [-0.05, 0) is 56.8 Å². The van der Waals surface area contributed by atoms with E-state index in [9.17, 15) is 81.5 Å². The second-order valence-electron chi connectivity index (χ2n) is 31.7. The van der Waals surface area contributed by atoms with Crippen LogP contribution < -0.4 is 95.7 Å². The van der Waals surface area contributed by atoms with Gasteiger partial charge in [0.05, 0.1) is 28.4 Å². The van der Waals surface area contributed by atoms with Crippen molar-refractivity contribution in [3.63, 3.8) is 0 Å². The molecule has 0 bridgehead atoms. The summed E-state index contributed by atoms with van der Waals surface area (Å²) in [4.78, 5) is 252. The zero-order chi connectivity index (χ0) is 99.8. The van der Waals surface area contributed by atoms with Gasteiger partial charge in [0.15, 0.2) is 40.7 Å². The van der Waals surface area contributed by atoms with Crippen LogP contribution in [0, 0.1) is 0 Å². The van der Waals surface area contributed by atoms with E-state index >= 15 is 0 Å². The van der Waals surface area contributed by atoms with Crippen LogP contribution in [0.4, 0.5) is 69.2 Å². The Kier molecular flexibility index (Phi) is 31.1. The van der Waals surface area contributed by atoms with Crippen LogP contribution in [-0.2, 0) is 109 Å². The van der Waals surface area contributed by atoms with Gasteiger partial charge >= 0.3 is 0 Å². The molecule has 0 unspecified atom stereocenters. The van der Waals surface area contributed by atoms with Crippen LogP contribution in [0.25, 0.3) is 0 Å². The molecule has 0 fully saturated rings. The zero-order valence-corrected chi connectivity index (χ0v) is 77.2. The van der Waals surface area contributed by atoms with E-state index in [2.05, 4.69) is 131 Å². The molecule has 724 valence electrons. The van der Waals surface area contributed by atoms with Gasteiger partial charge in [0, 0.05) is 224 Å². The summed E-state index contributed by atoms with van der Waals surface area (Å²) in [6.45, 7) is 2.50. The van der Waals surface area contributed by atoms with Crippen molar-refractivity contribution in [1.29, 1.82) is 0 Å². The van der Waals surface area contributed by atoms with Gasteiger partial charge < -0.3 is 151 Å². The van der Waals surface area contributed by atoms with Crippen molar-refractivity contribution < 1.29 is 81.5 Å². The Balaban J connectivity index is 0.521. The summed E-state index contributed by atoms with van der Waals surface area (Å²) >= 11 is 0. The predicted octanol–water partition coefficient (Wildman–Crippen LogP) is 1.00. The smallest absolute Gasteiger partial charge is 0.292 e. The quantitative estimate of drug-likeness (QED) is 0.0238. The van der Waals surface area contributed by atoms with Gasteiger partial charge in [0.1, 0.15) is 28.5 Å². The SMILES string of the molecule is CNCCCNC(=O)CCNC(=O)c1cc(NC(=O)c2nc(NC(=O)c3nc(NC(=O)CCNC(=O)c4cc(NC(=O)c5nc(NC(=O)c6nc(NC(=O)CCCNC(=O)c7cc(NC(=O)c8cc(NC(=O)c9nc(NC(=O)c%10nc(NC(=O)CCNC(=O)c%11cc(NC(=O)c%12nc(NC(C)=O)cn%12C)cn%11C)cn%10C)cn9C)cn8C)cn7C)cn6C)cn5C)cn4C)cn3C)cn2C)cn1C. The molecule has 12 rings (SSSR count). The van der Waals surface area contributed by atoms with E-state index in [0.717, 1.165) is 13.0 Å². The van der Waals surface area contributed by atoms with Crippen LogP contribution in [-0.4, -0.2) is 236 Å². The van der Waals surface area contributed by atoms with Gasteiger partial charge in [-0.2, -0.15) is 0 Å². The molecular weight excluding hydrogens is 1800 g/mol. The van der Waals surface area contributed by atoms with Crippen LogP contribution in [0.1, 0.15) is 172 Å². The molecule has 18 N–H and O–H groups in total. The highest BCUT2D eigenvalue weighted by atomic mass is 16.2. The summed E-state index contributed by atoms with van der Waals surface area (Å²) in [5.41, 5.74) is 2.02. The molecule has 12 aromatic heterocycles. The first kappa shape index (κ1) is 98.8. The van der Waals surface area contributed by atoms with Gasteiger partial charge in [-0.25, -0.2) is 34.9 Å². The first-order valence-electron chi connectivity index (χ1n) is 42.4. The Labute approximate surface area is 783 Å². The molecule has 0 spiro atoms. The molecule has 0 saturated heterocycles. The number of carbonyl (C=O) groups is 17. The highest BCUT2D eigenvalue weighted by Crippen LogP contribution is 2.25. The summed E-state index contributed by atoms with van der Waals surface area (Å²) < 4.78 is 17.0. The number of hydrogen-bond donors (Lipinski definition) is 18. The number of amides is 17. The number of nitrogens with one attached hydrogen (secondary N) is 18. The highest BCUT2D eigenvalue weighted by molar-refractivity contribution is 6.11. The Hall–Kier alpha value is -18.2. The fraction of sp³-hybridized carbons (Fsp3) is 0.310. The minimum Gasteiger partial charge on any atom is -0.356 e. The van der Waals surface area contributed by atoms with Crippen molar-refractivity contribution in [1.82, 2.24) is 122 Å². The van der Waals surface area contributed by atoms with Gasteiger partial charge in [-0.1, -0.05) is 0 Å². The summed E-state index contributed by atoms with van der Waals surface area (Å²) in [6, 6.07) is 7.16. The molecule has 12 aromatic rings. The normalized spacial score (nSPS) is 11.0. The lowest BCUT2D eigenvalue weighted by atomic mass is 10.3. The molecule has 0 saturated carbocycles. The standard InChI is InChI=1S/C84H101N37O17/c1-44(122)91-55-37-115(8)66(100-55)78(132)93-46-29-52(112(5)33-46)75(129)89-25-19-64(125)99-58-40-118(11)72(103-58)84(138)109-61-43-121(14)69(106-61)81(135)96-49-31-54(114(7)36-49)77(131)92-45-27-50(110(3)32-45)73(127)87-22-15-17-63(124)97-56-38-116(9)70(101-56)82(136)107-59-41-119(12)68(104-59)80(134)95-48-30-53(113(6)35-48)76(130)90-26-20-65(126)98-57-39-117(10)71(102-57)83(137)108-60-42-120(13)67(105-60)79(133)94-47-28-51(111(4)34-47)74(128)88-24-18-62(123)86-23-16-21-85-2/h27-43,85H,15-26H2,1-14H3,(H,86,123)(H,87,127)(H,88,128)(H,89,129)(H,90,130)(H,91,122)(H,92,131)(H,93,132)(H,94,133)(H,95,134)(H,96,135)(H,97,124)(H,98,126)(H,99,125)(H,107,136)(H,108,137)(H,109,138). The van der Waals surface area contributed by atoms with E-state index in [0.29, 0.717) is 6.54 Å². The lowest BCUT2D eigenvalue weighted by Crippen LogP contribution is -2.32. The second-order valence-corrected chi connectivity index (χ2v) is 31.7. The number of imidazole rings is 7.